The van der Waals surface area contributed by atoms with Crippen LogP contribution >= 0.6 is 0 Å². The molecule has 0 saturated carbocycles. The number of hydrogen-bond acceptors (Lipinski definition) is 2. The lowest BCUT2D eigenvalue weighted by Gasteiger charge is -2.20. The van der Waals surface area contributed by atoms with Crippen LogP contribution in [0.25, 0.3) is 11.0 Å². The van der Waals surface area contributed by atoms with E-state index in [9.17, 15) is 0 Å². The van der Waals surface area contributed by atoms with E-state index < -0.39 is 0 Å². The SMILES string of the molecule is CCCNCc1coc2c(C(C)(C)C)cc(C)cc12. The second-order valence-corrected chi connectivity index (χ2v) is 6.38. The highest BCUT2D eigenvalue weighted by Crippen LogP contribution is 2.33. The maximum Gasteiger partial charge on any atom is 0.137 e. The molecule has 2 nitrogen and oxygen atoms in total. The summed E-state index contributed by atoms with van der Waals surface area (Å²) < 4.78 is 5.85. The summed E-state index contributed by atoms with van der Waals surface area (Å²) >= 11 is 0. The first kappa shape index (κ1) is 14.1. The Bertz CT molecular complexity index is 560. The number of furan rings is 1. The van der Waals surface area contributed by atoms with Gasteiger partial charge >= 0.3 is 0 Å². The van der Waals surface area contributed by atoms with E-state index in [-0.39, 0.29) is 5.41 Å². The van der Waals surface area contributed by atoms with Gasteiger partial charge in [0.1, 0.15) is 5.58 Å². The van der Waals surface area contributed by atoms with Crippen LogP contribution in [0.5, 0.6) is 0 Å². The third kappa shape index (κ3) is 3.01. The Morgan fingerprint density at radius 1 is 1.21 bits per heavy atom. The third-order valence-electron chi connectivity index (χ3n) is 3.45. The van der Waals surface area contributed by atoms with Gasteiger partial charge < -0.3 is 9.73 Å². The van der Waals surface area contributed by atoms with E-state index >= 15 is 0 Å². The number of benzene rings is 1. The number of aryl methyl sites for hydroxylation is 1. The van der Waals surface area contributed by atoms with Gasteiger partial charge in [-0.15, -0.1) is 0 Å². The van der Waals surface area contributed by atoms with Crippen LogP contribution in [0.4, 0.5) is 0 Å². The average molecular weight is 259 g/mol. The summed E-state index contributed by atoms with van der Waals surface area (Å²) in [6.07, 6.45) is 3.06. The van der Waals surface area contributed by atoms with Crippen molar-refractivity contribution < 1.29 is 4.42 Å². The maximum absolute atomic E-state index is 5.85. The van der Waals surface area contributed by atoms with Gasteiger partial charge in [0.2, 0.25) is 0 Å². The predicted molar refractivity (Wildman–Crippen MR) is 81.6 cm³/mol. The van der Waals surface area contributed by atoms with E-state index in [2.05, 4.69) is 52.1 Å². The molecule has 0 atom stereocenters. The van der Waals surface area contributed by atoms with Crippen molar-refractivity contribution in [2.45, 2.75) is 53.0 Å². The molecule has 1 heterocycles. The molecule has 1 N–H and O–H groups in total. The fourth-order valence-corrected chi connectivity index (χ4v) is 2.43. The number of rotatable bonds is 4. The van der Waals surface area contributed by atoms with Crippen LogP contribution in [0, 0.1) is 6.92 Å². The van der Waals surface area contributed by atoms with Gasteiger partial charge in [-0.25, -0.2) is 0 Å². The zero-order chi connectivity index (χ0) is 14.0. The van der Waals surface area contributed by atoms with Crippen LogP contribution in [-0.2, 0) is 12.0 Å². The molecule has 1 aromatic carbocycles. The highest BCUT2D eigenvalue weighted by molar-refractivity contribution is 5.85. The van der Waals surface area contributed by atoms with E-state index in [0.717, 1.165) is 25.1 Å². The van der Waals surface area contributed by atoms with E-state index in [0.29, 0.717) is 0 Å². The third-order valence-corrected chi connectivity index (χ3v) is 3.45. The highest BCUT2D eigenvalue weighted by Gasteiger charge is 2.20. The van der Waals surface area contributed by atoms with Gasteiger partial charge in [-0.1, -0.05) is 33.8 Å². The highest BCUT2D eigenvalue weighted by atomic mass is 16.3. The minimum atomic E-state index is 0.107. The van der Waals surface area contributed by atoms with Gasteiger partial charge in [-0.05, 0) is 36.9 Å². The first-order valence-corrected chi connectivity index (χ1v) is 7.15. The molecule has 2 heteroatoms. The lowest BCUT2D eigenvalue weighted by Crippen LogP contribution is -2.14. The quantitative estimate of drug-likeness (QED) is 0.816. The van der Waals surface area contributed by atoms with Crippen LogP contribution in [-0.4, -0.2) is 6.54 Å². The van der Waals surface area contributed by atoms with Gasteiger partial charge in [0.05, 0.1) is 6.26 Å². The van der Waals surface area contributed by atoms with Crippen molar-refractivity contribution >= 4 is 11.0 Å². The van der Waals surface area contributed by atoms with Crippen molar-refractivity contribution in [1.29, 1.82) is 0 Å². The summed E-state index contributed by atoms with van der Waals surface area (Å²) in [6.45, 7) is 13.0. The Hall–Kier alpha value is -1.28. The Morgan fingerprint density at radius 2 is 1.95 bits per heavy atom. The summed E-state index contributed by atoms with van der Waals surface area (Å²) in [7, 11) is 0. The van der Waals surface area contributed by atoms with Gasteiger partial charge in [0.25, 0.3) is 0 Å². The van der Waals surface area contributed by atoms with Crippen molar-refractivity contribution in [3.05, 3.63) is 35.1 Å². The Morgan fingerprint density at radius 3 is 2.58 bits per heavy atom. The lowest BCUT2D eigenvalue weighted by atomic mass is 9.85. The number of nitrogens with one attached hydrogen (secondary N) is 1. The largest absolute Gasteiger partial charge is 0.464 e. The van der Waals surface area contributed by atoms with Crippen LogP contribution in [0.2, 0.25) is 0 Å². The summed E-state index contributed by atoms with van der Waals surface area (Å²) in [4.78, 5) is 0. The Balaban J connectivity index is 2.45. The van der Waals surface area contributed by atoms with Crippen molar-refractivity contribution in [3.8, 4) is 0 Å². The minimum Gasteiger partial charge on any atom is -0.464 e. The van der Waals surface area contributed by atoms with Crippen LogP contribution in [0.3, 0.4) is 0 Å². The van der Waals surface area contributed by atoms with Gasteiger partial charge in [-0.2, -0.15) is 0 Å². The zero-order valence-electron chi connectivity index (χ0n) is 12.8. The topological polar surface area (TPSA) is 25.2 Å². The molecule has 0 bridgehead atoms. The molecule has 0 fully saturated rings. The molecule has 19 heavy (non-hydrogen) atoms. The molecule has 0 aliphatic rings. The molecule has 1 aromatic heterocycles. The zero-order valence-corrected chi connectivity index (χ0v) is 12.8. The molecule has 0 unspecified atom stereocenters. The number of hydrogen-bond donors (Lipinski definition) is 1. The van der Waals surface area contributed by atoms with Gasteiger partial charge in [0, 0.05) is 23.1 Å². The summed E-state index contributed by atoms with van der Waals surface area (Å²) in [5, 5.41) is 4.71. The fraction of sp³-hybridized carbons (Fsp3) is 0.529. The first-order chi connectivity index (χ1) is 8.93. The smallest absolute Gasteiger partial charge is 0.137 e. The molecule has 104 valence electrons. The number of fused-ring (bicyclic) bond motifs is 1. The summed E-state index contributed by atoms with van der Waals surface area (Å²) in [5.41, 5.74) is 5.01. The first-order valence-electron chi connectivity index (χ1n) is 7.15. The van der Waals surface area contributed by atoms with Crippen LogP contribution in [0.15, 0.2) is 22.8 Å². The molecular formula is C17H25NO. The van der Waals surface area contributed by atoms with E-state index in [4.69, 9.17) is 4.42 Å². The van der Waals surface area contributed by atoms with Gasteiger partial charge in [-0.3, -0.25) is 0 Å². The summed E-state index contributed by atoms with van der Waals surface area (Å²) in [6, 6.07) is 4.48. The molecular weight excluding hydrogens is 234 g/mol. The van der Waals surface area contributed by atoms with E-state index in [1.807, 2.05) is 6.26 Å². The molecule has 0 amide bonds. The predicted octanol–water partition coefficient (Wildman–Crippen LogP) is 4.54. The molecule has 0 radical (unpaired) electrons. The maximum atomic E-state index is 5.85. The molecule has 0 saturated heterocycles. The average Bonchev–Trinajstić information content (AvgIpc) is 2.70. The van der Waals surface area contributed by atoms with Crippen LogP contribution < -0.4 is 5.32 Å². The Labute approximate surface area is 116 Å². The van der Waals surface area contributed by atoms with Crippen molar-refractivity contribution in [3.63, 3.8) is 0 Å². The summed E-state index contributed by atoms with van der Waals surface area (Å²) in [5.74, 6) is 0. The standard InChI is InChI=1S/C17H25NO/c1-6-7-18-10-13-11-19-16-14(13)8-12(2)9-15(16)17(3,4)5/h8-9,11,18H,6-7,10H2,1-5H3. The molecule has 0 spiro atoms. The fourth-order valence-electron chi connectivity index (χ4n) is 2.43. The second kappa shape index (κ2) is 5.38. The van der Waals surface area contributed by atoms with E-state index in [1.54, 1.807) is 0 Å². The normalized spacial score (nSPS) is 12.3. The Kier molecular flexibility index (Phi) is 4.00. The second-order valence-electron chi connectivity index (χ2n) is 6.38. The van der Waals surface area contributed by atoms with Crippen molar-refractivity contribution in [2.75, 3.05) is 6.54 Å². The molecule has 2 aromatic rings. The van der Waals surface area contributed by atoms with Crippen molar-refractivity contribution in [1.82, 2.24) is 5.32 Å². The van der Waals surface area contributed by atoms with Crippen LogP contribution in [0.1, 0.15) is 50.8 Å². The monoisotopic (exact) mass is 259 g/mol. The molecule has 2 rings (SSSR count). The minimum absolute atomic E-state index is 0.107. The molecule has 0 aliphatic carbocycles. The van der Waals surface area contributed by atoms with E-state index in [1.165, 1.54) is 22.1 Å². The molecule has 0 aliphatic heterocycles. The van der Waals surface area contributed by atoms with Gasteiger partial charge in [0.15, 0.2) is 0 Å². The lowest BCUT2D eigenvalue weighted by molar-refractivity contribution is 0.555. The van der Waals surface area contributed by atoms with Crippen molar-refractivity contribution in [2.24, 2.45) is 0 Å².